The molecule has 0 saturated carbocycles. The summed E-state index contributed by atoms with van der Waals surface area (Å²) < 4.78 is 62.4. The molecule has 0 bridgehead atoms. The van der Waals surface area contributed by atoms with E-state index in [2.05, 4.69) is 4.98 Å². The van der Waals surface area contributed by atoms with Crippen LogP contribution in [0.2, 0.25) is 0 Å². The summed E-state index contributed by atoms with van der Waals surface area (Å²) in [6.45, 7) is 0. The first-order valence-electron chi connectivity index (χ1n) is 6.96. The Kier molecular flexibility index (Phi) is 3.92. The molecule has 0 unspecified atom stereocenters. The van der Waals surface area contributed by atoms with Crippen molar-refractivity contribution in [1.29, 1.82) is 0 Å². The number of para-hydroxylation sites is 1. The number of hydrogen-bond acceptors (Lipinski definition) is 4. The van der Waals surface area contributed by atoms with Crippen LogP contribution in [-0.4, -0.2) is 13.4 Å². The van der Waals surface area contributed by atoms with E-state index in [0.29, 0.717) is 11.1 Å². The minimum Gasteiger partial charge on any atom is -0.398 e. The summed E-state index contributed by atoms with van der Waals surface area (Å²) in [6.07, 6.45) is -3.44. The Morgan fingerprint density at radius 3 is 2.36 bits per heavy atom. The standard InChI is InChI=1S/C16H12F3N3O2S/c17-16(18,19)12-6-7-22-15-10(2-1-3-11(12)15)9-4-5-14(13(20)8-9)25(21,23)24/h1-8H,20H2,(H2,21,23,24). The molecule has 0 fully saturated rings. The van der Waals surface area contributed by atoms with Gasteiger partial charge in [0, 0.05) is 17.1 Å². The van der Waals surface area contributed by atoms with Gasteiger partial charge in [-0.2, -0.15) is 13.2 Å². The molecule has 1 aromatic heterocycles. The first kappa shape index (κ1) is 17.2. The maximum atomic E-state index is 13.2. The van der Waals surface area contributed by atoms with Crippen LogP contribution in [0.15, 0.2) is 53.6 Å². The van der Waals surface area contributed by atoms with E-state index < -0.39 is 21.8 Å². The molecular weight excluding hydrogens is 355 g/mol. The van der Waals surface area contributed by atoms with Crippen LogP contribution in [0.3, 0.4) is 0 Å². The Balaban J connectivity index is 2.26. The lowest BCUT2D eigenvalue weighted by Gasteiger charge is -2.13. The third-order valence-electron chi connectivity index (χ3n) is 3.70. The summed E-state index contributed by atoms with van der Waals surface area (Å²) in [4.78, 5) is 3.80. The third kappa shape index (κ3) is 3.15. The first-order chi connectivity index (χ1) is 11.6. The maximum Gasteiger partial charge on any atom is 0.417 e. The number of alkyl halides is 3. The van der Waals surface area contributed by atoms with Crippen LogP contribution in [0, 0.1) is 0 Å². The van der Waals surface area contributed by atoms with Gasteiger partial charge in [-0.3, -0.25) is 4.98 Å². The molecule has 3 aromatic rings. The molecule has 0 amide bonds. The highest BCUT2D eigenvalue weighted by Crippen LogP contribution is 2.37. The predicted molar refractivity (Wildman–Crippen MR) is 88.0 cm³/mol. The van der Waals surface area contributed by atoms with Gasteiger partial charge >= 0.3 is 6.18 Å². The average Bonchev–Trinajstić information content (AvgIpc) is 2.51. The highest BCUT2D eigenvalue weighted by atomic mass is 32.2. The molecule has 9 heteroatoms. The number of nitrogens with zero attached hydrogens (tertiary/aromatic N) is 1. The van der Waals surface area contributed by atoms with Crippen LogP contribution in [-0.2, 0) is 16.2 Å². The van der Waals surface area contributed by atoms with E-state index in [9.17, 15) is 21.6 Å². The van der Waals surface area contributed by atoms with Crippen LogP contribution >= 0.6 is 0 Å². The molecule has 0 aliphatic rings. The molecular formula is C16H12F3N3O2S. The third-order valence-corrected chi connectivity index (χ3v) is 4.69. The lowest BCUT2D eigenvalue weighted by Crippen LogP contribution is -2.14. The fraction of sp³-hybridized carbons (Fsp3) is 0.0625. The van der Waals surface area contributed by atoms with E-state index in [1.165, 1.54) is 30.3 Å². The quantitative estimate of drug-likeness (QED) is 0.680. The summed E-state index contributed by atoms with van der Waals surface area (Å²) in [6, 6.07) is 9.27. The van der Waals surface area contributed by atoms with Crippen molar-refractivity contribution in [3.05, 3.63) is 54.2 Å². The molecule has 3 rings (SSSR count). The van der Waals surface area contributed by atoms with Crippen LogP contribution < -0.4 is 10.9 Å². The van der Waals surface area contributed by atoms with Crippen molar-refractivity contribution < 1.29 is 21.6 Å². The Labute approximate surface area is 141 Å². The number of fused-ring (bicyclic) bond motifs is 1. The Bertz CT molecular complexity index is 1080. The predicted octanol–water partition coefficient (Wildman–Crippen LogP) is 3.15. The van der Waals surface area contributed by atoms with E-state index in [0.717, 1.165) is 12.3 Å². The number of halogens is 3. The number of nitrogens with two attached hydrogens (primary N) is 2. The van der Waals surface area contributed by atoms with Crippen molar-refractivity contribution in [2.75, 3.05) is 5.73 Å². The fourth-order valence-corrected chi connectivity index (χ4v) is 3.28. The second kappa shape index (κ2) is 5.71. The SMILES string of the molecule is Nc1cc(-c2cccc3c(C(F)(F)F)ccnc23)ccc1S(N)(=O)=O. The van der Waals surface area contributed by atoms with Gasteiger partial charge in [-0.1, -0.05) is 24.3 Å². The second-order valence-corrected chi connectivity index (χ2v) is 6.89. The molecule has 0 saturated heterocycles. The zero-order chi connectivity index (χ0) is 18.4. The number of pyridine rings is 1. The summed E-state index contributed by atoms with van der Waals surface area (Å²) in [7, 11) is -3.99. The summed E-state index contributed by atoms with van der Waals surface area (Å²) >= 11 is 0. The zero-order valence-electron chi connectivity index (χ0n) is 12.6. The van der Waals surface area contributed by atoms with E-state index in [1.54, 1.807) is 6.07 Å². The number of hydrogen-bond donors (Lipinski definition) is 2. The van der Waals surface area contributed by atoms with Gasteiger partial charge in [0.05, 0.1) is 16.8 Å². The normalized spacial score (nSPS) is 12.5. The molecule has 1 heterocycles. The molecule has 0 radical (unpaired) electrons. The van der Waals surface area contributed by atoms with Crippen LogP contribution in [0.25, 0.3) is 22.0 Å². The van der Waals surface area contributed by atoms with Crippen molar-refractivity contribution in [3.63, 3.8) is 0 Å². The number of rotatable bonds is 2. The summed E-state index contributed by atoms with van der Waals surface area (Å²) in [5.74, 6) is 0. The second-order valence-electron chi connectivity index (χ2n) is 5.36. The molecule has 0 spiro atoms. The van der Waals surface area contributed by atoms with E-state index in [-0.39, 0.29) is 21.5 Å². The number of benzene rings is 2. The van der Waals surface area contributed by atoms with Gasteiger partial charge in [-0.15, -0.1) is 0 Å². The van der Waals surface area contributed by atoms with Gasteiger partial charge in [0.2, 0.25) is 10.0 Å². The molecule has 0 atom stereocenters. The number of primary sulfonamides is 1. The molecule has 0 aliphatic heterocycles. The van der Waals surface area contributed by atoms with Crippen LogP contribution in [0.4, 0.5) is 18.9 Å². The van der Waals surface area contributed by atoms with Gasteiger partial charge in [0.1, 0.15) is 4.90 Å². The van der Waals surface area contributed by atoms with Crippen molar-refractivity contribution >= 4 is 26.6 Å². The van der Waals surface area contributed by atoms with Gasteiger partial charge in [-0.05, 0) is 23.8 Å². The van der Waals surface area contributed by atoms with Crippen molar-refractivity contribution in [2.24, 2.45) is 5.14 Å². The largest absolute Gasteiger partial charge is 0.417 e. The van der Waals surface area contributed by atoms with E-state index in [4.69, 9.17) is 10.9 Å². The number of anilines is 1. The Morgan fingerprint density at radius 1 is 1.04 bits per heavy atom. The average molecular weight is 367 g/mol. The zero-order valence-corrected chi connectivity index (χ0v) is 13.4. The highest BCUT2D eigenvalue weighted by Gasteiger charge is 2.32. The maximum absolute atomic E-state index is 13.2. The van der Waals surface area contributed by atoms with Gasteiger partial charge < -0.3 is 5.73 Å². The van der Waals surface area contributed by atoms with Crippen molar-refractivity contribution in [3.8, 4) is 11.1 Å². The van der Waals surface area contributed by atoms with Gasteiger partial charge in [0.15, 0.2) is 0 Å². The van der Waals surface area contributed by atoms with E-state index >= 15 is 0 Å². The minimum absolute atomic E-state index is 0.0541. The van der Waals surface area contributed by atoms with Crippen molar-refractivity contribution in [2.45, 2.75) is 11.1 Å². The lowest BCUT2D eigenvalue weighted by molar-refractivity contribution is -0.136. The van der Waals surface area contributed by atoms with Crippen LogP contribution in [0.1, 0.15) is 5.56 Å². The smallest absolute Gasteiger partial charge is 0.398 e. The fourth-order valence-electron chi connectivity index (χ4n) is 2.63. The number of aromatic nitrogens is 1. The monoisotopic (exact) mass is 367 g/mol. The Morgan fingerprint density at radius 2 is 1.76 bits per heavy atom. The molecule has 2 aromatic carbocycles. The molecule has 130 valence electrons. The summed E-state index contributed by atoms with van der Waals surface area (Å²) in [5, 5.41) is 5.01. The van der Waals surface area contributed by atoms with E-state index in [1.807, 2.05) is 0 Å². The molecule has 25 heavy (non-hydrogen) atoms. The first-order valence-corrected chi connectivity index (χ1v) is 8.51. The topological polar surface area (TPSA) is 99.1 Å². The number of sulfonamides is 1. The van der Waals surface area contributed by atoms with Gasteiger partial charge in [0.25, 0.3) is 0 Å². The van der Waals surface area contributed by atoms with Crippen LogP contribution in [0.5, 0.6) is 0 Å². The minimum atomic E-state index is -4.52. The lowest BCUT2D eigenvalue weighted by atomic mass is 9.99. The van der Waals surface area contributed by atoms with Gasteiger partial charge in [-0.25, -0.2) is 13.6 Å². The van der Waals surface area contributed by atoms with Crippen molar-refractivity contribution in [1.82, 2.24) is 4.98 Å². The highest BCUT2D eigenvalue weighted by molar-refractivity contribution is 7.89. The number of nitrogen functional groups attached to an aromatic ring is 1. The molecule has 0 aliphatic carbocycles. The molecule has 5 nitrogen and oxygen atoms in total. The molecule has 4 N–H and O–H groups in total. The Hall–Kier alpha value is -2.65. The summed E-state index contributed by atoms with van der Waals surface area (Å²) in [5.41, 5.74) is 5.81.